The lowest BCUT2D eigenvalue weighted by atomic mass is 10.1. The average Bonchev–Trinajstić information content (AvgIpc) is 2.21. The van der Waals surface area contributed by atoms with E-state index in [2.05, 4.69) is 0 Å². The predicted octanol–water partition coefficient (Wildman–Crippen LogP) is 2.70. The van der Waals surface area contributed by atoms with Crippen molar-refractivity contribution in [1.82, 2.24) is 5.32 Å². The number of hydrogen-bond donors (Lipinski definition) is 1. The van der Waals surface area contributed by atoms with E-state index in [1.165, 1.54) is 12.1 Å². The molecule has 0 spiro atoms. The minimum Gasteiger partial charge on any atom is -0.348 e. The molecule has 0 radical (unpaired) electrons. The smallest absolute Gasteiger partial charge is 0.348 e. The van der Waals surface area contributed by atoms with Crippen molar-refractivity contribution < 1.29 is 22.4 Å². The Morgan fingerprint density at radius 1 is 1.35 bits per heavy atom. The quantitative estimate of drug-likeness (QED) is 0.840. The monoisotopic (exact) mass is 269 g/mol. The van der Waals surface area contributed by atoms with Crippen LogP contribution in [0.4, 0.5) is 17.6 Å². The summed E-state index contributed by atoms with van der Waals surface area (Å²) in [4.78, 5) is 10.5. The number of amides is 1. The highest BCUT2D eigenvalue weighted by atomic mass is 35.5. The van der Waals surface area contributed by atoms with Crippen molar-refractivity contribution in [3.05, 3.63) is 34.6 Å². The number of hydrogen-bond acceptors (Lipinski definition) is 1. The van der Waals surface area contributed by atoms with Crippen LogP contribution in [-0.2, 0) is 11.2 Å². The van der Waals surface area contributed by atoms with Crippen LogP contribution >= 0.6 is 11.6 Å². The molecule has 0 unspecified atom stereocenters. The van der Waals surface area contributed by atoms with Gasteiger partial charge in [-0.05, 0) is 30.2 Å². The molecule has 1 aromatic carbocycles. The molecule has 17 heavy (non-hydrogen) atoms. The SMILES string of the molecule is O=C(NCCc1cc(Cl)ccc1F)C(F)(F)F. The van der Waals surface area contributed by atoms with Crippen molar-refractivity contribution in [2.75, 3.05) is 6.54 Å². The highest BCUT2D eigenvalue weighted by molar-refractivity contribution is 6.30. The first-order chi connectivity index (χ1) is 7.80. The van der Waals surface area contributed by atoms with Gasteiger partial charge in [0.05, 0.1) is 0 Å². The molecule has 0 fully saturated rings. The van der Waals surface area contributed by atoms with Gasteiger partial charge in [0, 0.05) is 11.6 Å². The molecule has 0 aliphatic heterocycles. The van der Waals surface area contributed by atoms with Gasteiger partial charge in [-0.3, -0.25) is 4.79 Å². The summed E-state index contributed by atoms with van der Waals surface area (Å²) in [6, 6.07) is 3.74. The van der Waals surface area contributed by atoms with Gasteiger partial charge in [0.25, 0.3) is 0 Å². The summed E-state index contributed by atoms with van der Waals surface area (Å²) in [6.07, 6.45) is -4.99. The Kier molecular flexibility index (Phi) is 4.34. The lowest BCUT2D eigenvalue weighted by Gasteiger charge is -2.08. The van der Waals surface area contributed by atoms with Crippen LogP contribution < -0.4 is 5.32 Å². The lowest BCUT2D eigenvalue weighted by Crippen LogP contribution is -2.37. The molecule has 1 amide bonds. The standard InChI is InChI=1S/C10H8ClF4NO/c11-7-1-2-8(12)6(5-7)3-4-16-9(17)10(13,14)15/h1-2,5H,3-4H2,(H,16,17). The Morgan fingerprint density at radius 2 is 2.00 bits per heavy atom. The summed E-state index contributed by atoms with van der Waals surface area (Å²) < 4.78 is 48.6. The number of rotatable bonds is 3. The Morgan fingerprint density at radius 3 is 2.59 bits per heavy atom. The van der Waals surface area contributed by atoms with Gasteiger partial charge in [0.2, 0.25) is 0 Å². The summed E-state index contributed by atoms with van der Waals surface area (Å²) in [5.74, 6) is -2.62. The van der Waals surface area contributed by atoms with E-state index in [1.54, 1.807) is 5.32 Å². The first-order valence-electron chi connectivity index (χ1n) is 4.59. The summed E-state index contributed by atoms with van der Waals surface area (Å²) in [5.41, 5.74) is 0.153. The summed E-state index contributed by atoms with van der Waals surface area (Å²) in [7, 11) is 0. The summed E-state index contributed by atoms with van der Waals surface area (Å²) in [5, 5.41) is 1.93. The van der Waals surface area contributed by atoms with Crippen molar-refractivity contribution in [2.45, 2.75) is 12.6 Å². The maximum absolute atomic E-state index is 13.1. The van der Waals surface area contributed by atoms with Gasteiger partial charge in [-0.2, -0.15) is 13.2 Å². The Balaban J connectivity index is 2.52. The van der Waals surface area contributed by atoms with Crippen LogP contribution in [0.3, 0.4) is 0 Å². The van der Waals surface area contributed by atoms with E-state index in [1.807, 2.05) is 0 Å². The van der Waals surface area contributed by atoms with Crippen molar-refractivity contribution in [1.29, 1.82) is 0 Å². The third-order valence-corrected chi connectivity index (χ3v) is 2.18. The molecule has 0 bridgehead atoms. The second kappa shape index (κ2) is 5.35. The van der Waals surface area contributed by atoms with Gasteiger partial charge in [-0.1, -0.05) is 11.6 Å². The van der Waals surface area contributed by atoms with Crippen LogP contribution in [0.15, 0.2) is 18.2 Å². The summed E-state index contributed by atoms with van der Waals surface area (Å²) in [6.45, 7) is -0.310. The Hall–Kier alpha value is -1.30. The molecule has 0 atom stereocenters. The molecule has 2 nitrogen and oxygen atoms in total. The second-order valence-corrected chi connectivity index (χ2v) is 3.68. The molecule has 0 aliphatic rings. The van der Waals surface area contributed by atoms with Crippen LogP contribution in [0.2, 0.25) is 5.02 Å². The molecular formula is C10H8ClF4NO. The molecular weight excluding hydrogens is 262 g/mol. The Labute approximate surface area is 99.6 Å². The highest BCUT2D eigenvalue weighted by Gasteiger charge is 2.38. The molecule has 1 rings (SSSR count). The highest BCUT2D eigenvalue weighted by Crippen LogP contribution is 2.16. The van der Waals surface area contributed by atoms with Gasteiger partial charge < -0.3 is 5.32 Å². The predicted molar refractivity (Wildman–Crippen MR) is 54.2 cm³/mol. The largest absolute Gasteiger partial charge is 0.471 e. The van der Waals surface area contributed by atoms with Crippen molar-refractivity contribution in [3.63, 3.8) is 0 Å². The zero-order valence-corrected chi connectivity index (χ0v) is 9.20. The number of benzene rings is 1. The molecule has 0 aliphatic carbocycles. The van der Waals surface area contributed by atoms with Crippen LogP contribution in [0, 0.1) is 5.82 Å². The second-order valence-electron chi connectivity index (χ2n) is 3.24. The van der Waals surface area contributed by atoms with E-state index in [-0.39, 0.29) is 23.6 Å². The van der Waals surface area contributed by atoms with Crippen molar-refractivity contribution >= 4 is 17.5 Å². The maximum Gasteiger partial charge on any atom is 0.471 e. The van der Waals surface area contributed by atoms with E-state index < -0.39 is 17.9 Å². The minimum absolute atomic E-state index is 0.0613. The van der Waals surface area contributed by atoms with E-state index >= 15 is 0 Å². The third kappa shape index (κ3) is 4.22. The van der Waals surface area contributed by atoms with Gasteiger partial charge >= 0.3 is 12.1 Å². The fraction of sp³-hybridized carbons (Fsp3) is 0.300. The number of nitrogens with one attached hydrogen (secondary N) is 1. The van der Waals surface area contributed by atoms with E-state index in [9.17, 15) is 22.4 Å². The number of halogens is 5. The molecule has 0 saturated heterocycles. The number of alkyl halides is 3. The van der Waals surface area contributed by atoms with E-state index in [0.717, 1.165) is 6.07 Å². The molecule has 0 saturated carbocycles. The van der Waals surface area contributed by atoms with E-state index in [4.69, 9.17) is 11.6 Å². The molecule has 7 heteroatoms. The average molecular weight is 270 g/mol. The fourth-order valence-electron chi connectivity index (χ4n) is 1.15. The fourth-order valence-corrected chi connectivity index (χ4v) is 1.34. The van der Waals surface area contributed by atoms with Crippen molar-refractivity contribution in [2.24, 2.45) is 0 Å². The normalized spacial score (nSPS) is 11.4. The number of carbonyl (C=O) groups excluding carboxylic acids is 1. The van der Waals surface area contributed by atoms with Gasteiger partial charge in [0.1, 0.15) is 5.82 Å². The molecule has 1 N–H and O–H groups in total. The van der Waals surface area contributed by atoms with Crippen molar-refractivity contribution in [3.8, 4) is 0 Å². The van der Waals surface area contributed by atoms with Gasteiger partial charge in [-0.15, -0.1) is 0 Å². The Bertz CT molecular complexity index is 419. The van der Waals surface area contributed by atoms with Crippen LogP contribution in [-0.4, -0.2) is 18.6 Å². The first kappa shape index (κ1) is 13.8. The molecule has 1 aromatic rings. The van der Waals surface area contributed by atoms with E-state index in [0.29, 0.717) is 0 Å². The minimum atomic E-state index is -4.92. The lowest BCUT2D eigenvalue weighted by molar-refractivity contribution is -0.173. The van der Waals surface area contributed by atoms with Crippen LogP contribution in [0.25, 0.3) is 0 Å². The van der Waals surface area contributed by atoms with Gasteiger partial charge in [-0.25, -0.2) is 4.39 Å². The first-order valence-corrected chi connectivity index (χ1v) is 4.97. The zero-order chi connectivity index (χ0) is 13.1. The maximum atomic E-state index is 13.1. The molecule has 94 valence electrons. The van der Waals surface area contributed by atoms with Crippen LogP contribution in [0.1, 0.15) is 5.56 Å². The zero-order valence-electron chi connectivity index (χ0n) is 8.44. The topological polar surface area (TPSA) is 29.1 Å². The number of carbonyl (C=O) groups is 1. The molecule has 0 aromatic heterocycles. The summed E-state index contributed by atoms with van der Waals surface area (Å²) >= 11 is 5.60. The molecule has 0 heterocycles. The van der Waals surface area contributed by atoms with Gasteiger partial charge in [0.15, 0.2) is 0 Å². The third-order valence-electron chi connectivity index (χ3n) is 1.95. The van der Waals surface area contributed by atoms with Crippen LogP contribution in [0.5, 0.6) is 0 Å².